The van der Waals surface area contributed by atoms with E-state index in [2.05, 4.69) is 91.0 Å². The summed E-state index contributed by atoms with van der Waals surface area (Å²) in [4.78, 5) is 15.0. The van der Waals surface area contributed by atoms with Crippen LogP contribution in [0.3, 0.4) is 0 Å². The van der Waals surface area contributed by atoms with Crippen molar-refractivity contribution < 1.29 is 4.42 Å². The van der Waals surface area contributed by atoms with E-state index in [9.17, 15) is 0 Å². The zero-order valence-electron chi connectivity index (χ0n) is 26.7. The lowest BCUT2D eigenvalue weighted by atomic mass is 9.98. The Balaban J connectivity index is 1.18. The molecule has 0 spiro atoms. The van der Waals surface area contributed by atoms with Crippen LogP contribution in [-0.4, -0.2) is 15.0 Å². The molecule has 0 aliphatic carbocycles. The summed E-state index contributed by atoms with van der Waals surface area (Å²) in [5, 5.41) is 4.57. The Bertz CT molecular complexity index is 2800. The summed E-state index contributed by atoms with van der Waals surface area (Å²) in [7, 11) is 0. The van der Waals surface area contributed by atoms with Gasteiger partial charge in [-0.1, -0.05) is 146 Å². The van der Waals surface area contributed by atoms with Gasteiger partial charge in [0.1, 0.15) is 11.2 Å². The molecule has 0 fully saturated rings. The number of thiophene rings is 1. The highest BCUT2D eigenvalue weighted by Crippen LogP contribution is 2.45. The third-order valence-corrected chi connectivity index (χ3v) is 10.6. The fourth-order valence-corrected chi connectivity index (χ4v) is 8.37. The molecule has 0 amide bonds. The van der Waals surface area contributed by atoms with Crippen molar-refractivity contribution in [3.05, 3.63) is 164 Å². The molecule has 50 heavy (non-hydrogen) atoms. The van der Waals surface area contributed by atoms with Crippen molar-refractivity contribution in [3.63, 3.8) is 0 Å². The number of hydrogen-bond donors (Lipinski definition) is 0. The Hall–Kier alpha value is -6.43. The normalized spacial score (nSPS) is 11.6. The topological polar surface area (TPSA) is 51.8 Å². The zero-order valence-corrected chi connectivity index (χ0v) is 27.6. The summed E-state index contributed by atoms with van der Waals surface area (Å²) in [6.07, 6.45) is 0. The number of benzene rings is 7. The second kappa shape index (κ2) is 11.6. The molecule has 0 unspecified atom stereocenters. The van der Waals surface area contributed by atoms with E-state index in [1.807, 2.05) is 84.1 Å². The van der Waals surface area contributed by atoms with E-state index in [0.717, 1.165) is 44.2 Å². The molecular weight excluding hydrogens is 631 g/mol. The highest BCUT2D eigenvalue weighted by atomic mass is 32.1. The van der Waals surface area contributed by atoms with Crippen molar-refractivity contribution in [2.45, 2.75) is 0 Å². The van der Waals surface area contributed by atoms with Crippen LogP contribution in [0.5, 0.6) is 0 Å². The second-order valence-corrected chi connectivity index (χ2v) is 13.4. The lowest BCUT2D eigenvalue weighted by Gasteiger charge is -2.09. The van der Waals surface area contributed by atoms with E-state index in [1.165, 1.54) is 36.9 Å². The highest BCUT2D eigenvalue weighted by Gasteiger charge is 2.19. The maximum Gasteiger partial charge on any atom is 0.164 e. The molecule has 0 radical (unpaired) electrons. The fourth-order valence-electron chi connectivity index (χ4n) is 7.00. The smallest absolute Gasteiger partial charge is 0.164 e. The highest BCUT2D eigenvalue weighted by molar-refractivity contribution is 7.26. The average Bonchev–Trinajstić information content (AvgIpc) is 3.77. The van der Waals surface area contributed by atoms with E-state index in [-0.39, 0.29) is 0 Å². The van der Waals surface area contributed by atoms with E-state index >= 15 is 0 Å². The van der Waals surface area contributed by atoms with Crippen molar-refractivity contribution in [2.75, 3.05) is 0 Å². The number of rotatable bonds is 5. The summed E-state index contributed by atoms with van der Waals surface area (Å²) in [5.41, 5.74) is 9.23. The van der Waals surface area contributed by atoms with Crippen LogP contribution in [0, 0.1) is 0 Å². The average molecular weight is 658 g/mol. The van der Waals surface area contributed by atoms with Crippen LogP contribution >= 0.6 is 11.3 Å². The van der Waals surface area contributed by atoms with Crippen LogP contribution in [0.4, 0.5) is 0 Å². The predicted octanol–water partition coefficient (Wildman–Crippen LogP) is 12.5. The second-order valence-electron chi connectivity index (χ2n) is 12.4. The van der Waals surface area contributed by atoms with Gasteiger partial charge in [-0.15, -0.1) is 11.3 Å². The van der Waals surface area contributed by atoms with Gasteiger partial charge in [-0.25, -0.2) is 15.0 Å². The number of nitrogens with zero attached hydrogens (tertiary/aromatic N) is 3. The maximum atomic E-state index is 6.47. The quantitative estimate of drug-likeness (QED) is 0.185. The van der Waals surface area contributed by atoms with Gasteiger partial charge in [0.25, 0.3) is 0 Å². The van der Waals surface area contributed by atoms with Gasteiger partial charge in [0.2, 0.25) is 0 Å². The molecule has 3 aromatic heterocycles. The molecular formula is C45H27N3OS. The van der Waals surface area contributed by atoms with Crippen LogP contribution in [0.25, 0.3) is 98.5 Å². The van der Waals surface area contributed by atoms with E-state index in [1.54, 1.807) is 0 Å². The molecule has 0 atom stereocenters. The largest absolute Gasteiger partial charge is 0.456 e. The van der Waals surface area contributed by atoms with Gasteiger partial charge in [-0.2, -0.15) is 0 Å². The summed E-state index contributed by atoms with van der Waals surface area (Å²) in [6.45, 7) is 0. The van der Waals surface area contributed by atoms with Gasteiger partial charge < -0.3 is 4.42 Å². The van der Waals surface area contributed by atoms with Crippen molar-refractivity contribution in [1.29, 1.82) is 0 Å². The van der Waals surface area contributed by atoms with Crippen molar-refractivity contribution in [2.24, 2.45) is 0 Å². The lowest BCUT2D eigenvalue weighted by Crippen LogP contribution is -2.00. The lowest BCUT2D eigenvalue weighted by molar-refractivity contribution is 0.669. The summed E-state index contributed by atoms with van der Waals surface area (Å²) < 4.78 is 9.04. The van der Waals surface area contributed by atoms with Crippen molar-refractivity contribution >= 4 is 53.4 Å². The SMILES string of the molecule is c1ccc(-c2nc(-c3ccccc3)nc(-c3cccc4oc5ccc(-c6cccc7c6sc6c(-c8ccccc8)cccc67)cc5c34)n2)cc1. The van der Waals surface area contributed by atoms with Gasteiger partial charge in [-0.3, -0.25) is 0 Å². The molecule has 7 aromatic carbocycles. The first-order valence-corrected chi connectivity index (χ1v) is 17.4. The summed E-state index contributed by atoms with van der Waals surface area (Å²) in [5.74, 6) is 1.87. The van der Waals surface area contributed by atoms with Crippen LogP contribution < -0.4 is 0 Å². The van der Waals surface area contributed by atoms with Gasteiger partial charge in [0.15, 0.2) is 17.5 Å². The third kappa shape index (κ3) is 4.71. The van der Waals surface area contributed by atoms with E-state index in [4.69, 9.17) is 19.4 Å². The Kier molecular flexibility index (Phi) is 6.64. The Morgan fingerprint density at radius 2 is 0.880 bits per heavy atom. The first-order valence-electron chi connectivity index (χ1n) is 16.6. The number of fused-ring (bicyclic) bond motifs is 6. The van der Waals surface area contributed by atoms with Gasteiger partial charge >= 0.3 is 0 Å². The zero-order chi connectivity index (χ0) is 33.0. The molecule has 3 heterocycles. The molecule has 0 saturated carbocycles. The summed E-state index contributed by atoms with van der Waals surface area (Å²) >= 11 is 1.86. The van der Waals surface area contributed by atoms with Crippen LogP contribution in [0.15, 0.2) is 168 Å². The minimum atomic E-state index is 0.608. The maximum absolute atomic E-state index is 6.47. The van der Waals surface area contributed by atoms with Crippen molar-refractivity contribution in [1.82, 2.24) is 15.0 Å². The molecule has 5 heteroatoms. The van der Waals surface area contributed by atoms with Gasteiger partial charge in [0.05, 0.1) is 0 Å². The number of aromatic nitrogens is 3. The monoisotopic (exact) mass is 657 g/mol. The Morgan fingerprint density at radius 1 is 0.360 bits per heavy atom. The number of hydrogen-bond acceptors (Lipinski definition) is 5. The molecule has 0 bridgehead atoms. The molecule has 0 N–H and O–H groups in total. The standard InChI is InChI=1S/C45H27N3OS/c1-4-13-28(14-5-1)32-19-10-21-34-35-22-11-20-33(42(35)50-41(32)34)31-25-26-38-37(27-31)40-36(23-12-24-39(40)49-38)45-47-43(29-15-6-2-7-16-29)46-44(48-45)30-17-8-3-9-18-30/h1-27H. The molecule has 0 aliphatic heterocycles. The van der Waals surface area contributed by atoms with Gasteiger partial charge in [0, 0.05) is 47.6 Å². The predicted molar refractivity (Wildman–Crippen MR) is 207 cm³/mol. The van der Waals surface area contributed by atoms with E-state index in [0.29, 0.717) is 17.5 Å². The van der Waals surface area contributed by atoms with E-state index < -0.39 is 0 Å². The van der Waals surface area contributed by atoms with Crippen LogP contribution in [-0.2, 0) is 0 Å². The molecule has 4 nitrogen and oxygen atoms in total. The van der Waals surface area contributed by atoms with Crippen molar-refractivity contribution in [3.8, 4) is 56.4 Å². The van der Waals surface area contributed by atoms with Gasteiger partial charge in [-0.05, 0) is 40.5 Å². The first-order chi connectivity index (χ1) is 24.8. The Morgan fingerprint density at radius 3 is 1.50 bits per heavy atom. The minimum absolute atomic E-state index is 0.608. The molecule has 0 saturated heterocycles. The van der Waals surface area contributed by atoms with Crippen LogP contribution in [0.1, 0.15) is 0 Å². The third-order valence-electron chi connectivity index (χ3n) is 9.36. The first kappa shape index (κ1) is 28.6. The van der Waals surface area contributed by atoms with Crippen LogP contribution in [0.2, 0.25) is 0 Å². The molecule has 10 aromatic rings. The number of furan rings is 1. The molecule has 234 valence electrons. The summed E-state index contributed by atoms with van der Waals surface area (Å²) in [6, 6.07) is 56.7. The molecule has 10 rings (SSSR count). The Labute approximate surface area is 292 Å². The molecule has 0 aliphatic rings. The fraction of sp³-hybridized carbons (Fsp3) is 0. The minimum Gasteiger partial charge on any atom is -0.456 e.